The van der Waals surface area contributed by atoms with Gasteiger partial charge in [-0.3, -0.25) is 0 Å². The molecule has 0 saturated carbocycles. The summed E-state index contributed by atoms with van der Waals surface area (Å²) in [6.45, 7) is 0. The summed E-state index contributed by atoms with van der Waals surface area (Å²) >= 11 is 6.71. The van der Waals surface area contributed by atoms with E-state index in [1.54, 1.807) is 29.2 Å². The molecule has 2 aromatic rings. The fraction of sp³-hybridized carbons (Fsp3) is 0.111. The van der Waals surface area contributed by atoms with E-state index in [-0.39, 0.29) is 0 Å². The molecule has 1 aromatic carbocycles. The lowest BCUT2D eigenvalue weighted by molar-refractivity contribution is 0.481. The van der Waals surface area contributed by atoms with E-state index in [1.807, 2.05) is 17.7 Å². The molecule has 1 heterocycles. The second kappa shape index (κ2) is 3.52. The molecule has 0 radical (unpaired) electrons. The van der Waals surface area contributed by atoms with E-state index in [2.05, 4.69) is 15.9 Å². The van der Waals surface area contributed by atoms with Crippen molar-refractivity contribution in [3.8, 4) is 5.75 Å². The van der Waals surface area contributed by atoms with Crippen LogP contribution < -0.4 is 0 Å². The zero-order chi connectivity index (χ0) is 9.42. The minimum Gasteiger partial charge on any atom is -0.506 e. The van der Waals surface area contributed by atoms with Crippen LogP contribution in [0.3, 0.4) is 0 Å². The average Bonchev–Trinajstić information content (AvgIpc) is 2.60. The number of halogens is 1. The first-order valence-corrected chi connectivity index (χ1v) is 6.56. The fourth-order valence-corrected chi connectivity index (χ4v) is 3.61. The molecule has 0 bridgehead atoms. The van der Waals surface area contributed by atoms with E-state index in [1.165, 1.54) is 0 Å². The molecule has 0 atom stereocenters. The Balaban J connectivity index is 2.85. The molecule has 1 N–H and O–H groups in total. The van der Waals surface area contributed by atoms with Gasteiger partial charge in [0.25, 0.3) is 0 Å². The van der Waals surface area contributed by atoms with Crippen LogP contribution in [0.1, 0.15) is 0 Å². The van der Waals surface area contributed by atoms with Crippen molar-refractivity contribution in [1.29, 1.82) is 0 Å². The summed E-state index contributed by atoms with van der Waals surface area (Å²) in [6, 6.07) is 3.82. The van der Waals surface area contributed by atoms with Crippen molar-refractivity contribution in [2.24, 2.45) is 0 Å². The smallest absolute Gasteiger partial charge is 0.134 e. The van der Waals surface area contributed by atoms with Crippen molar-refractivity contribution in [3.05, 3.63) is 22.0 Å². The maximum absolute atomic E-state index is 9.67. The van der Waals surface area contributed by atoms with Crippen LogP contribution in [-0.2, 0) is 0 Å². The third-order valence-electron chi connectivity index (χ3n) is 1.84. The third-order valence-corrected chi connectivity index (χ3v) is 4.65. The van der Waals surface area contributed by atoms with Crippen molar-refractivity contribution < 1.29 is 5.11 Å². The Hall–Kier alpha value is -0.190. The van der Waals surface area contributed by atoms with E-state index in [0.717, 1.165) is 19.5 Å². The molecule has 0 spiro atoms. The van der Waals surface area contributed by atoms with Crippen LogP contribution in [-0.4, -0.2) is 11.4 Å². The second-order valence-corrected chi connectivity index (χ2v) is 5.13. The van der Waals surface area contributed by atoms with Crippen molar-refractivity contribution in [2.75, 3.05) is 6.26 Å². The van der Waals surface area contributed by atoms with Gasteiger partial charge in [0.15, 0.2) is 0 Å². The van der Waals surface area contributed by atoms with Gasteiger partial charge in [-0.15, -0.1) is 23.1 Å². The van der Waals surface area contributed by atoms with Crippen LogP contribution in [0, 0.1) is 0 Å². The van der Waals surface area contributed by atoms with Crippen LogP contribution in [0.2, 0.25) is 0 Å². The van der Waals surface area contributed by atoms with Gasteiger partial charge >= 0.3 is 0 Å². The number of hydrogen-bond acceptors (Lipinski definition) is 3. The largest absolute Gasteiger partial charge is 0.506 e. The van der Waals surface area contributed by atoms with Gasteiger partial charge in [-0.05, 0) is 39.7 Å². The van der Waals surface area contributed by atoms with Crippen molar-refractivity contribution >= 4 is 49.1 Å². The topological polar surface area (TPSA) is 20.2 Å². The highest BCUT2D eigenvalue weighted by Gasteiger charge is 2.09. The summed E-state index contributed by atoms with van der Waals surface area (Å²) in [6.07, 6.45) is 2.00. The molecule has 0 amide bonds. The van der Waals surface area contributed by atoms with Crippen LogP contribution in [0.15, 0.2) is 26.9 Å². The highest BCUT2D eigenvalue weighted by atomic mass is 79.9. The fourth-order valence-electron chi connectivity index (χ4n) is 1.21. The Bertz CT molecular complexity index is 450. The number of benzene rings is 1. The molecular weight excluding hydrogens is 268 g/mol. The van der Waals surface area contributed by atoms with E-state index < -0.39 is 0 Å². The van der Waals surface area contributed by atoms with Crippen molar-refractivity contribution in [3.63, 3.8) is 0 Å². The van der Waals surface area contributed by atoms with Crippen LogP contribution in [0.5, 0.6) is 5.75 Å². The maximum atomic E-state index is 9.67. The highest BCUT2D eigenvalue weighted by molar-refractivity contribution is 9.10. The predicted molar refractivity (Wildman–Crippen MR) is 63.0 cm³/mol. The van der Waals surface area contributed by atoms with Gasteiger partial charge in [-0.25, -0.2) is 0 Å². The molecule has 13 heavy (non-hydrogen) atoms. The summed E-state index contributed by atoms with van der Waals surface area (Å²) in [7, 11) is 0. The lowest BCUT2D eigenvalue weighted by atomic mass is 10.2. The van der Waals surface area contributed by atoms with Gasteiger partial charge in [0, 0.05) is 14.8 Å². The SMILES string of the molecule is CSc1cc(O)c2sccc2c1Br. The number of rotatable bonds is 1. The van der Waals surface area contributed by atoms with Gasteiger partial charge in [0.2, 0.25) is 0 Å². The predicted octanol–water partition coefficient (Wildman–Crippen LogP) is 4.09. The number of aromatic hydroxyl groups is 1. The Morgan fingerprint density at radius 2 is 2.31 bits per heavy atom. The number of phenolic OH excluding ortho intramolecular Hbond substituents is 1. The Morgan fingerprint density at radius 1 is 1.54 bits per heavy atom. The number of thioether (sulfide) groups is 1. The highest BCUT2D eigenvalue weighted by Crippen LogP contribution is 2.40. The lowest BCUT2D eigenvalue weighted by Gasteiger charge is -2.03. The maximum Gasteiger partial charge on any atom is 0.134 e. The normalized spacial score (nSPS) is 10.9. The van der Waals surface area contributed by atoms with Crippen LogP contribution in [0.25, 0.3) is 10.1 Å². The molecule has 0 aliphatic rings. The Labute approximate surface area is 92.9 Å². The number of phenols is 1. The van der Waals surface area contributed by atoms with E-state index >= 15 is 0 Å². The van der Waals surface area contributed by atoms with Gasteiger partial charge in [-0.2, -0.15) is 0 Å². The summed E-state index contributed by atoms with van der Waals surface area (Å²) in [4.78, 5) is 1.07. The Kier molecular flexibility index (Phi) is 2.53. The zero-order valence-corrected chi connectivity index (χ0v) is 10.1. The molecule has 0 unspecified atom stereocenters. The summed E-state index contributed by atoms with van der Waals surface area (Å²) in [5.74, 6) is 0.373. The van der Waals surface area contributed by atoms with Crippen molar-refractivity contribution in [2.45, 2.75) is 4.90 Å². The number of hydrogen-bond donors (Lipinski definition) is 1. The molecule has 4 heteroatoms. The Morgan fingerprint density at radius 3 is 3.00 bits per heavy atom. The minimum absolute atomic E-state index is 0.373. The van der Waals surface area contributed by atoms with Gasteiger partial charge in [0.1, 0.15) is 5.75 Å². The van der Waals surface area contributed by atoms with Gasteiger partial charge in [-0.1, -0.05) is 0 Å². The monoisotopic (exact) mass is 274 g/mol. The zero-order valence-electron chi connectivity index (χ0n) is 6.87. The summed E-state index contributed by atoms with van der Waals surface area (Å²) < 4.78 is 2.03. The molecule has 0 aliphatic heterocycles. The number of fused-ring (bicyclic) bond motifs is 1. The minimum atomic E-state index is 0.373. The van der Waals surface area contributed by atoms with E-state index in [4.69, 9.17) is 0 Å². The standard InChI is InChI=1S/C9H7BrOS2/c1-12-7-4-6(11)9-5(8(7)10)2-3-13-9/h2-4,11H,1H3. The summed E-state index contributed by atoms with van der Waals surface area (Å²) in [5, 5.41) is 12.8. The van der Waals surface area contributed by atoms with Gasteiger partial charge < -0.3 is 5.11 Å². The van der Waals surface area contributed by atoms with E-state index in [9.17, 15) is 5.11 Å². The average molecular weight is 275 g/mol. The molecular formula is C9H7BrOS2. The molecule has 0 fully saturated rings. The molecule has 1 nitrogen and oxygen atoms in total. The van der Waals surface area contributed by atoms with Crippen molar-refractivity contribution in [1.82, 2.24) is 0 Å². The van der Waals surface area contributed by atoms with Gasteiger partial charge in [0.05, 0.1) is 4.70 Å². The quantitative estimate of drug-likeness (QED) is 0.791. The third kappa shape index (κ3) is 1.47. The molecule has 2 rings (SSSR count). The summed E-state index contributed by atoms with van der Waals surface area (Å²) in [5.41, 5.74) is 0. The first-order valence-electron chi connectivity index (χ1n) is 3.66. The molecule has 0 aliphatic carbocycles. The lowest BCUT2D eigenvalue weighted by Crippen LogP contribution is -1.75. The molecule has 1 aromatic heterocycles. The molecule has 68 valence electrons. The number of thiophene rings is 1. The first kappa shape index (κ1) is 9.37. The van der Waals surface area contributed by atoms with Crippen LogP contribution >= 0.6 is 39.0 Å². The van der Waals surface area contributed by atoms with Crippen LogP contribution in [0.4, 0.5) is 0 Å². The first-order chi connectivity index (χ1) is 6.24. The second-order valence-electron chi connectivity index (χ2n) is 2.58. The van der Waals surface area contributed by atoms with E-state index in [0.29, 0.717) is 5.75 Å². The molecule has 0 saturated heterocycles.